The normalized spacial score (nSPS) is 11.0. The highest BCUT2D eigenvalue weighted by atomic mass is 32.1. The first-order valence-electron chi connectivity index (χ1n) is 7.95. The number of amides is 1. The van der Waals surface area contributed by atoms with Gasteiger partial charge in [-0.05, 0) is 18.9 Å². The van der Waals surface area contributed by atoms with Gasteiger partial charge in [-0.15, -0.1) is 11.3 Å². The molecule has 22 heavy (non-hydrogen) atoms. The highest BCUT2D eigenvalue weighted by molar-refractivity contribution is 7.18. The monoisotopic (exact) mass is 321 g/mol. The highest BCUT2D eigenvalue weighted by Gasteiger charge is 2.10. The molecule has 2 aromatic heterocycles. The average molecular weight is 321 g/mol. The lowest BCUT2D eigenvalue weighted by atomic mass is 10.1. The van der Waals surface area contributed by atoms with E-state index in [4.69, 9.17) is 0 Å². The lowest BCUT2D eigenvalue weighted by molar-refractivity contribution is -0.117. The van der Waals surface area contributed by atoms with Crippen molar-refractivity contribution in [2.45, 2.75) is 58.8 Å². The van der Waals surface area contributed by atoms with E-state index in [9.17, 15) is 9.59 Å². The first-order chi connectivity index (χ1) is 10.7. The van der Waals surface area contributed by atoms with Crippen LogP contribution in [0.15, 0.2) is 17.2 Å². The first-order valence-corrected chi connectivity index (χ1v) is 8.77. The number of fused-ring (bicyclic) bond motifs is 1. The number of carbonyl (C=O) groups excluding carboxylic acids is 1. The molecule has 2 heterocycles. The van der Waals surface area contributed by atoms with Crippen LogP contribution in [0.5, 0.6) is 0 Å². The minimum absolute atomic E-state index is 0.134. The molecule has 0 aliphatic heterocycles. The van der Waals surface area contributed by atoms with Crippen molar-refractivity contribution in [3.8, 4) is 0 Å². The number of thiophene rings is 1. The van der Waals surface area contributed by atoms with Crippen molar-refractivity contribution in [2.75, 3.05) is 5.43 Å². The summed E-state index contributed by atoms with van der Waals surface area (Å²) in [7, 11) is 0. The van der Waals surface area contributed by atoms with Gasteiger partial charge in [0.1, 0.15) is 11.2 Å². The molecule has 0 saturated carbocycles. The van der Waals surface area contributed by atoms with E-state index in [0.717, 1.165) is 35.4 Å². The van der Waals surface area contributed by atoms with E-state index in [-0.39, 0.29) is 11.5 Å². The second-order valence-electron chi connectivity index (χ2n) is 5.40. The second-order valence-corrected chi connectivity index (χ2v) is 6.52. The summed E-state index contributed by atoms with van der Waals surface area (Å²) in [5.74, 6) is -0.134. The van der Waals surface area contributed by atoms with E-state index in [1.807, 2.05) is 13.0 Å². The van der Waals surface area contributed by atoms with Gasteiger partial charge in [0.05, 0.1) is 5.39 Å². The Bertz CT molecular complexity index is 690. The molecule has 6 heteroatoms. The van der Waals surface area contributed by atoms with Crippen LogP contribution in [0.2, 0.25) is 0 Å². The van der Waals surface area contributed by atoms with E-state index < -0.39 is 0 Å². The summed E-state index contributed by atoms with van der Waals surface area (Å²) in [6, 6.07) is 1.86. The third kappa shape index (κ3) is 4.16. The zero-order valence-corrected chi connectivity index (χ0v) is 14.0. The van der Waals surface area contributed by atoms with Crippen LogP contribution in [-0.4, -0.2) is 15.6 Å². The third-order valence-electron chi connectivity index (χ3n) is 3.60. The Morgan fingerprint density at radius 3 is 2.77 bits per heavy atom. The number of nitrogens with zero attached hydrogens (tertiary/aromatic N) is 2. The maximum Gasteiger partial charge on any atom is 0.280 e. The van der Waals surface area contributed by atoms with E-state index in [1.54, 1.807) is 0 Å². The smallest absolute Gasteiger partial charge is 0.273 e. The van der Waals surface area contributed by atoms with Crippen LogP contribution in [-0.2, 0) is 11.2 Å². The Hall–Kier alpha value is -1.69. The fraction of sp³-hybridized carbons (Fsp3) is 0.562. The summed E-state index contributed by atoms with van der Waals surface area (Å²) in [6.45, 7) is 4.21. The molecule has 0 aliphatic carbocycles. The molecule has 0 radical (unpaired) electrons. The number of nitrogens with one attached hydrogen (secondary N) is 1. The van der Waals surface area contributed by atoms with Crippen molar-refractivity contribution in [3.05, 3.63) is 27.6 Å². The van der Waals surface area contributed by atoms with Gasteiger partial charge in [0.25, 0.3) is 5.56 Å². The maximum absolute atomic E-state index is 12.3. The molecule has 0 bridgehead atoms. The topological polar surface area (TPSA) is 64.0 Å². The van der Waals surface area contributed by atoms with Crippen LogP contribution in [0.1, 0.15) is 57.2 Å². The minimum atomic E-state index is -0.208. The summed E-state index contributed by atoms with van der Waals surface area (Å²) in [5, 5.41) is 0.576. The second kappa shape index (κ2) is 8.08. The van der Waals surface area contributed by atoms with Crippen LogP contribution in [0.3, 0.4) is 0 Å². The summed E-state index contributed by atoms with van der Waals surface area (Å²) < 4.78 is 1.20. The van der Waals surface area contributed by atoms with E-state index >= 15 is 0 Å². The van der Waals surface area contributed by atoms with Crippen molar-refractivity contribution in [1.82, 2.24) is 9.66 Å². The van der Waals surface area contributed by atoms with Gasteiger partial charge in [0.15, 0.2) is 0 Å². The summed E-state index contributed by atoms with van der Waals surface area (Å²) in [6.07, 6.45) is 8.18. The number of aromatic nitrogens is 2. The van der Waals surface area contributed by atoms with Crippen LogP contribution in [0.4, 0.5) is 0 Å². The number of unbranched alkanes of at least 4 members (excludes halogenated alkanes) is 4. The van der Waals surface area contributed by atoms with Gasteiger partial charge < -0.3 is 0 Å². The molecule has 5 nitrogen and oxygen atoms in total. The van der Waals surface area contributed by atoms with Crippen molar-refractivity contribution in [3.63, 3.8) is 0 Å². The van der Waals surface area contributed by atoms with Crippen molar-refractivity contribution < 1.29 is 4.79 Å². The quantitative estimate of drug-likeness (QED) is 0.757. The molecular weight excluding hydrogens is 298 g/mol. The van der Waals surface area contributed by atoms with Gasteiger partial charge in [-0.2, -0.15) is 0 Å². The van der Waals surface area contributed by atoms with Gasteiger partial charge in [0, 0.05) is 11.3 Å². The lowest BCUT2D eigenvalue weighted by Crippen LogP contribution is -2.32. The SMILES string of the molecule is CCCCCCCC(=O)Nn1cnc2sc(CC)cc2c1=O. The zero-order valence-electron chi connectivity index (χ0n) is 13.2. The third-order valence-corrected chi connectivity index (χ3v) is 4.79. The molecule has 0 unspecified atom stereocenters. The van der Waals surface area contributed by atoms with Crippen LogP contribution >= 0.6 is 11.3 Å². The Morgan fingerprint density at radius 2 is 2.05 bits per heavy atom. The molecule has 0 saturated heterocycles. The molecule has 120 valence electrons. The molecule has 1 amide bonds. The predicted octanol–water partition coefficient (Wildman–Crippen LogP) is 3.45. The zero-order chi connectivity index (χ0) is 15.9. The summed E-state index contributed by atoms with van der Waals surface area (Å²) in [4.78, 5) is 30.3. The number of rotatable bonds is 8. The molecule has 0 aliphatic rings. The number of carbonyl (C=O) groups is 1. The van der Waals surface area contributed by atoms with Crippen molar-refractivity contribution in [1.29, 1.82) is 0 Å². The van der Waals surface area contributed by atoms with Gasteiger partial charge in [-0.3, -0.25) is 15.0 Å². The average Bonchev–Trinajstić information content (AvgIpc) is 2.94. The maximum atomic E-state index is 12.3. The molecule has 0 spiro atoms. The Kier molecular flexibility index (Phi) is 6.12. The molecule has 0 atom stereocenters. The van der Waals surface area contributed by atoms with E-state index in [0.29, 0.717) is 11.8 Å². The fourth-order valence-corrected chi connectivity index (χ4v) is 3.23. The Morgan fingerprint density at radius 1 is 1.27 bits per heavy atom. The Labute approximate surface area is 134 Å². The predicted molar refractivity (Wildman–Crippen MR) is 91.0 cm³/mol. The lowest BCUT2D eigenvalue weighted by Gasteiger charge is -2.07. The largest absolute Gasteiger partial charge is 0.280 e. The fourth-order valence-electron chi connectivity index (χ4n) is 2.31. The van der Waals surface area contributed by atoms with E-state index in [1.165, 1.54) is 35.2 Å². The Balaban J connectivity index is 1.97. The number of hydrogen-bond donors (Lipinski definition) is 1. The number of hydrogen-bond acceptors (Lipinski definition) is 4. The molecular formula is C16H23N3O2S. The van der Waals surface area contributed by atoms with Gasteiger partial charge in [0.2, 0.25) is 5.91 Å². The van der Waals surface area contributed by atoms with Crippen LogP contribution in [0, 0.1) is 0 Å². The first kappa shape index (κ1) is 16.7. The summed E-state index contributed by atoms with van der Waals surface area (Å²) >= 11 is 1.52. The van der Waals surface area contributed by atoms with Crippen LogP contribution in [0.25, 0.3) is 10.2 Å². The summed E-state index contributed by atoms with van der Waals surface area (Å²) in [5.41, 5.74) is 2.42. The minimum Gasteiger partial charge on any atom is -0.273 e. The van der Waals surface area contributed by atoms with Gasteiger partial charge in [-0.1, -0.05) is 39.5 Å². The van der Waals surface area contributed by atoms with E-state index in [2.05, 4.69) is 17.3 Å². The standard InChI is InChI=1S/C16H23N3O2S/c1-3-5-6-7-8-9-14(20)18-19-11-17-15-13(16(19)21)10-12(4-2)22-15/h10-11H,3-9H2,1-2H3,(H,18,20). The molecule has 0 fully saturated rings. The van der Waals surface area contributed by atoms with Gasteiger partial charge in [-0.25, -0.2) is 9.66 Å². The number of aryl methyl sites for hydroxylation is 1. The molecule has 2 rings (SSSR count). The molecule has 2 aromatic rings. The van der Waals surface area contributed by atoms with Gasteiger partial charge >= 0.3 is 0 Å². The van der Waals surface area contributed by atoms with Crippen molar-refractivity contribution in [2.24, 2.45) is 0 Å². The molecule has 0 aromatic carbocycles. The highest BCUT2D eigenvalue weighted by Crippen LogP contribution is 2.20. The van der Waals surface area contributed by atoms with Crippen LogP contribution < -0.4 is 11.0 Å². The molecule has 1 N–H and O–H groups in total. The van der Waals surface area contributed by atoms with Crippen molar-refractivity contribution >= 4 is 27.5 Å².